The fraction of sp³-hybridized carbons (Fsp3) is 0.818. The number of thioether (sulfide) groups is 1. The van der Waals surface area contributed by atoms with Crippen LogP contribution in [-0.2, 0) is 9.59 Å². The normalized spacial score (nSPS) is 27.1. The number of carboxylic acids is 1. The summed E-state index contributed by atoms with van der Waals surface area (Å²) in [5.74, 6) is -2.37. The van der Waals surface area contributed by atoms with Crippen molar-refractivity contribution in [2.24, 2.45) is 5.92 Å². The van der Waals surface area contributed by atoms with Crippen molar-refractivity contribution in [2.75, 3.05) is 6.26 Å². The Morgan fingerprint density at radius 1 is 1.44 bits per heavy atom. The third-order valence-electron chi connectivity index (χ3n) is 3.07. The van der Waals surface area contributed by atoms with E-state index >= 15 is 0 Å². The van der Waals surface area contributed by atoms with Gasteiger partial charge in [0.1, 0.15) is 5.92 Å². The van der Waals surface area contributed by atoms with Crippen LogP contribution in [0.4, 0.5) is 0 Å². The van der Waals surface area contributed by atoms with Gasteiger partial charge in [-0.1, -0.05) is 6.42 Å². The van der Waals surface area contributed by atoms with Gasteiger partial charge in [-0.2, -0.15) is 11.8 Å². The van der Waals surface area contributed by atoms with Crippen molar-refractivity contribution in [1.29, 1.82) is 0 Å². The van der Waals surface area contributed by atoms with Crippen LogP contribution >= 0.6 is 11.8 Å². The zero-order valence-electron chi connectivity index (χ0n) is 9.73. The zero-order valence-corrected chi connectivity index (χ0v) is 10.5. The van der Waals surface area contributed by atoms with E-state index < -0.39 is 11.9 Å². The number of hydrogen-bond donors (Lipinski definition) is 2. The van der Waals surface area contributed by atoms with Crippen LogP contribution in [0, 0.1) is 5.92 Å². The van der Waals surface area contributed by atoms with E-state index in [0.717, 1.165) is 19.3 Å². The number of aliphatic carboxylic acids is 1. The van der Waals surface area contributed by atoms with Gasteiger partial charge >= 0.3 is 5.97 Å². The molecule has 0 heterocycles. The molecule has 1 saturated carbocycles. The molecule has 0 saturated heterocycles. The number of hydrogen-bond acceptors (Lipinski definition) is 3. The summed E-state index contributed by atoms with van der Waals surface area (Å²) in [7, 11) is 0. The van der Waals surface area contributed by atoms with Crippen LogP contribution in [0.3, 0.4) is 0 Å². The van der Waals surface area contributed by atoms with Gasteiger partial charge in [0, 0.05) is 11.3 Å². The first kappa shape index (κ1) is 13.4. The van der Waals surface area contributed by atoms with Crippen molar-refractivity contribution in [3.05, 3.63) is 0 Å². The van der Waals surface area contributed by atoms with Crippen LogP contribution in [0.2, 0.25) is 0 Å². The molecule has 1 amide bonds. The monoisotopic (exact) mass is 245 g/mol. The quantitative estimate of drug-likeness (QED) is 0.737. The molecule has 0 aliphatic heterocycles. The lowest BCUT2D eigenvalue weighted by molar-refractivity contribution is -0.146. The molecule has 2 N–H and O–H groups in total. The lowest BCUT2D eigenvalue weighted by Crippen LogP contribution is -2.43. The number of nitrogens with one attached hydrogen (secondary N) is 1. The lowest BCUT2D eigenvalue weighted by atomic mass is 9.94. The molecule has 16 heavy (non-hydrogen) atoms. The summed E-state index contributed by atoms with van der Waals surface area (Å²) in [4.78, 5) is 22.2. The molecule has 1 fully saturated rings. The van der Waals surface area contributed by atoms with Gasteiger partial charge in [0.15, 0.2) is 0 Å². The van der Waals surface area contributed by atoms with E-state index in [9.17, 15) is 9.59 Å². The fourth-order valence-electron chi connectivity index (χ4n) is 1.93. The number of amides is 1. The Morgan fingerprint density at radius 3 is 2.69 bits per heavy atom. The first-order valence-corrected chi connectivity index (χ1v) is 6.89. The molecule has 3 unspecified atom stereocenters. The van der Waals surface area contributed by atoms with Crippen LogP contribution < -0.4 is 5.32 Å². The molecule has 1 aliphatic carbocycles. The third kappa shape index (κ3) is 3.70. The highest BCUT2D eigenvalue weighted by atomic mass is 32.2. The van der Waals surface area contributed by atoms with E-state index in [4.69, 9.17) is 5.11 Å². The Morgan fingerprint density at radius 2 is 2.12 bits per heavy atom. The molecule has 1 rings (SSSR count). The molecule has 5 heteroatoms. The van der Waals surface area contributed by atoms with E-state index in [0.29, 0.717) is 5.25 Å². The Hall–Kier alpha value is -0.710. The summed E-state index contributed by atoms with van der Waals surface area (Å²) >= 11 is 1.82. The van der Waals surface area contributed by atoms with Gasteiger partial charge in [-0.05, 0) is 32.4 Å². The largest absolute Gasteiger partial charge is 0.481 e. The van der Waals surface area contributed by atoms with Crippen LogP contribution in [0.1, 0.15) is 32.6 Å². The highest BCUT2D eigenvalue weighted by Crippen LogP contribution is 2.26. The van der Waals surface area contributed by atoms with Gasteiger partial charge in [-0.3, -0.25) is 9.59 Å². The van der Waals surface area contributed by atoms with Crippen molar-refractivity contribution in [2.45, 2.75) is 43.9 Å². The Labute approximate surface area is 100 Å². The molecule has 0 aromatic heterocycles. The molecule has 1 aliphatic rings. The number of carbonyl (C=O) groups is 2. The summed E-state index contributed by atoms with van der Waals surface area (Å²) in [6.07, 6.45) is 6.31. The molecular weight excluding hydrogens is 226 g/mol. The summed E-state index contributed by atoms with van der Waals surface area (Å²) in [6.45, 7) is 1.42. The maximum Gasteiger partial charge on any atom is 0.315 e. The lowest BCUT2D eigenvalue weighted by Gasteiger charge is -2.29. The molecule has 0 bridgehead atoms. The van der Waals surface area contributed by atoms with Crippen molar-refractivity contribution in [3.8, 4) is 0 Å². The van der Waals surface area contributed by atoms with Gasteiger partial charge in [-0.25, -0.2) is 0 Å². The minimum Gasteiger partial charge on any atom is -0.481 e. The van der Waals surface area contributed by atoms with E-state index in [1.165, 1.54) is 13.3 Å². The Kier molecular flexibility index (Phi) is 5.12. The zero-order chi connectivity index (χ0) is 12.1. The van der Waals surface area contributed by atoms with Gasteiger partial charge < -0.3 is 10.4 Å². The average Bonchev–Trinajstić information content (AvgIpc) is 2.28. The van der Waals surface area contributed by atoms with Crippen LogP contribution in [0.5, 0.6) is 0 Å². The van der Waals surface area contributed by atoms with Crippen molar-refractivity contribution >= 4 is 23.6 Å². The Bertz CT molecular complexity index is 270. The van der Waals surface area contributed by atoms with E-state index in [-0.39, 0.29) is 11.9 Å². The van der Waals surface area contributed by atoms with E-state index in [1.54, 1.807) is 0 Å². The minimum absolute atomic E-state index is 0.153. The van der Waals surface area contributed by atoms with E-state index in [1.807, 2.05) is 11.8 Å². The molecule has 4 nitrogen and oxygen atoms in total. The highest BCUT2D eigenvalue weighted by Gasteiger charge is 2.26. The fourth-order valence-corrected chi connectivity index (χ4v) is 2.76. The predicted octanol–water partition coefficient (Wildman–Crippen LogP) is 1.50. The van der Waals surface area contributed by atoms with Crippen molar-refractivity contribution < 1.29 is 14.7 Å². The van der Waals surface area contributed by atoms with Gasteiger partial charge in [0.25, 0.3) is 0 Å². The van der Waals surface area contributed by atoms with Crippen molar-refractivity contribution in [3.63, 3.8) is 0 Å². The second-order valence-corrected chi connectivity index (χ2v) is 5.43. The molecule has 0 radical (unpaired) electrons. The number of carbonyl (C=O) groups excluding carboxylic acids is 1. The van der Waals surface area contributed by atoms with Gasteiger partial charge in [-0.15, -0.1) is 0 Å². The SMILES string of the molecule is CSC1CCCC(NC(=O)C(C)C(=O)O)C1. The number of carboxylic acid groups (broad SMARTS) is 1. The second-order valence-electron chi connectivity index (χ2n) is 4.29. The standard InChI is InChI=1S/C11H19NO3S/c1-7(11(14)15)10(13)12-8-4-3-5-9(6-8)16-2/h7-9H,3-6H2,1-2H3,(H,12,13)(H,14,15). The molecular formula is C11H19NO3S. The molecule has 0 aromatic carbocycles. The van der Waals surface area contributed by atoms with Gasteiger partial charge in [0.2, 0.25) is 5.91 Å². The third-order valence-corrected chi connectivity index (χ3v) is 4.16. The predicted molar refractivity (Wildman–Crippen MR) is 64.5 cm³/mol. The van der Waals surface area contributed by atoms with E-state index in [2.05, 4.69) is 11.6 Å². The summed E-state index contributed by atoms with van der Waals surface area (Å²) < 4.78 is 0. The first-order valence-electron chi connectivity index (χ1n) is 5.60. The maximum absolute atomic E-state index is 11.5. The van der Waals surface area contributed by atoms with Crippen LogP contribution in [0.15, 0.2) is 0 Å². The average molecular weight is 245 g/mol. The Balaban J connectivity index is 2.41. The second kappa shape index (κ2) is 6.13. The number of rotatable bonds is 4. The van der Waals surface area contributed by atoms with Crippen LogP contribution in [0.25, 0.3) is 0 Å². The summed E-state index contributed by atoms with van der Waals surface area (Å²) in [5, 5.41) is 12.1. The van der Waals surface area contributed by atoms with Gasteiger partial charge in [0.05, 0.1) is 0 Å². The highest BCUT2D eigenvalue weighted by molar-refractivity contribution is 7.99. The summed E-state index contributed by atoms with van der Waals surface area (Å²) in [5.41, 5.74) is 0. The smallest absolute Gasteiger partial charge is 0.315 e. The molecule has 0 spiro atoms. The van der Waals surface area contributed by atoms with Crippen molar-refractivity contribution in [1.82, 2.24) is 5.32 Å². The minimum atomic E-state index is -1.06. The molecule has 3 atom stereocenters. The molecule has 92 valence electrons. The summed E-state index contributed by atoms with van der Waals surface area (Å²) in [6, 6.07) is 0.153. The molecule has 0 aromatic rings. The first-order chi connectivity index (χ1) is 7.54. The maximum atomic E-state index is 11.5. The topological polar surface area (TPSA) is 66.4 Å². The van der Waals surface area contributed by atoms with Crippen LogP contribution in [-0.4, -0.2) is 34.5 Å².